The maximum Gasteiger partial charge on any atom is 0.153 e. The predicted octanol–water partition coefficient (Wildman–Crippen LogP) is 4.78. The van der Waals surface area contributed by atoms with E-state index in [1.165, 1.54) is 0 Å². The van der Waals surface area contributed by atoms with Crippen molar-refractivity contribution in [1.82, 2.24) is 0 Å². The number of hydrogen-bond acceptors (Lipinski definition) is 3. The van der Waals surface area contributed by atoms with E-state index in [9.17, 15) is 4.79 Å². The van der Waals surface area contributed by atoms with Gasteiger partial charge in [-0.3, -0.25) is 4.79 Å². The molecule has 0 aromatic heterocycles. The van der Waals surface area contributed by atoms with Gasteiger partial charge in [-0.2, -0.15) is 0 Å². The molecule has 0 fully saturated rings. The van der Waals surface area contributed by atoms with Gasteiger partial charge in [0.25, 0.3) is 0 Å². The van der Waals surface area contributed by atoms with Gasteiger partial charge in [-0.15, -0.1) is 11.8 Å². The lowest BCUT2D eigenvalue weighted by molar-refractivity contribution is 0.112. The van der Waals surface area contributed by atoms with Gasteiger partial charge in [0.05, 0.1) is 5.56 Å². The Morgan fingerprint density at radius 1 is 1.17 bits per heavy atom. The average molecular weight is 323 g/mol. The predicted molar refractivity (Wildman–Crippen MR) is 77.8 cm³/mol. The van der Waals surface area contributed by atoms with E-state index in [0.29, 0.717) is 11.3 Å². The first kappa shape index (κ1) is 13.2. The smallest absolute Gasteiger partial charge is 0.153 e. The zero-order chi connectivity index (χ0) is 13.0. The molecule has 0 heterocycles. The standard InChI is InChI=1S/C14H11BrO2S/c1-18-14-5-3-2-4-12(14)17-13-8-11(15)7-6-10(13)9-16/h2-9H,1H3. The Hall–Kier alpha value is -1.26. The zero-order valence-corrected chi connectivity index (χ0v) is 12.1. The van der Waals surface area contributed by atoms with E-state index < -0.39 is 0 Å². The molecule has 0 amide bonds. The Balaban J connectivity index is 2.39. The molecule has 0 radical (unpaired) electrons. The number of carbonyl (C=O) groups is 1. The van der Waals surface area contributed by atoms with Gasteiger partial charge in [0.2, 0.25) is 0 Å². The number of carbonyl (C=O) groups excluding carboxylic acids is 1. The topological polar surface area (TPSA) is 26.3 Å². The van der Waals surface area contributed by atoms with E-state index in [1.54, 1.807) is 23.9 Å². The van der Waals surface area contributed by atoms with Crippen molar-refractivity contribution < 1.29 is 9.53 Å². The molecule has 0 aliphatic rings. The van der Waals surface area contributed by atoms with Gasteiger partial charge in [-0.1, -0.05) is 28.1 Å². The second-order valence-electron chi connectivity index (χ2n) is 3.55. The van der Waals surface area contributed by atoms with Crippen LogP contribution in [-0.4, -0.2) is 12.5 Å². The molecule has 2 aromatic rings. The number of para-hydroxylation sites is 1. The summed E-state index contributed by atoms with van der Waals surface area (Å²) in [5.41, 5.74) is 0.536. The third-order valence-electron chi connectivity index (χ3n) is 2.39. The van der Waals surface area contributed by atoms with Crippen LogP contribution in [0.5, 0.6) is 11.5 Å². The average Bonchev–Trinajstić information content (AvgIpc) is 2.40. The third-order valence-corrected chi connectivity index (χ3v) is 3.66. The lowest BCUT2D eigenvalue weighted by atomic mass is 10.2. The SMILES string of the molecule is CSc1ccccc1Oc1cc(Br)ccc1C=O. The van der Waals surface area contributed by atoms with Crippen LogP contribution in [0.15, 0.2) is 51.8 Å². The van der Waals surface area contributed by atoms with Crippen LogP contribution in [0.4, 0.5) is 0 Å². The first-order chi connectivity index (χ1) is 8.74. The van der Waals surface area contributed by atoms with Crippen molar-refractivity contribution in [2.45, 2.75) is 4.90 Å². The fourth-order valence-corrected chi connectivity index (χ4v) is 2.38. The number of thioether (sulfide) groups is 1. The highest BCUT2D eigenvalue weighted by Crippen LogP contribution is 2.33. The largest absolute Gasteiger partial charge is 0.455 e. The van der Waals surface area contributed by atoms with Crippen molar-refractivity contribution in [3.8, 4) is 11.5 Å². The van der Waals surface area contributed by atoms with Crippen LogP contribution in [0, 0.1) is 0 Å². The minimum absolute atomic E-state index is 0.536. The summed E-state index contributed by atoms with van der Waals surface area (Å²) in [6.07, 6.45) is 2.78. The number of aldehydes is 1. The lowest BCUT2D eigenvalue weighted by Crippen LogP contribution is -1.91. The minimum atomic E-state index is 0.536. The fourth-order valence-electron chi connectivity index (χ4n) is 1.52. The molecular weight excluding hydrogens is 312 g/mol. The molecule has 0 N–H and O–H groups in total. The number of benzene rings is 2. The minimum Gasteiger partial charge on any atom is -0.455 e. The van der Waals surface area contributed by atoms with Crippen LogP contribution in [-0.2, 0) is 0 Å². The maximum absolute atomic E-state index is 11.0. The molecule has 0 atom stereocenters. The summed E-state index contributed by atoms with van der Waals surface area (Å²) >= 11 is 4.98. The molecule has 0 spiro atoms. The zero-order valence-electron chi connectivity index (χ0n) is 9.72. The van der Waals surface area contributed by atoms with E-state index in [2.05, 4.69) is 15.9 Å². The summed E-state index contributed by atoms with van der Waals surface area (Å²) in [5.74, 6) is 1.31. The highest BCUT2D eigenvalue weighted by atomic mass is 79.9. The van der Waals surface area contributed by atoms with Crippen LogP contribution in [0.2, 0.25) is 0 Å². The van der Waals surface area contributed by atoms with Crippen molar-refractivity contribution >= 4 is 34.0 Å². The lowest BCUT2D eigenvalue weighted by Gasteiger charge is -2.11. The molecule has 92 valence electrons. The molecule has 0 unspecified atom stereocenters. The number of ether oxygens (including phenoxy) is 1. The van der Waals surface area contributed by atoms with Crippen molar-refractivity contribution in [1.29, 1.82) is 0 Å². The molecule has 2 nitrogen and oxygen atoms in total. The van der Waals surface area contributed by atoms with Gasteiger partial charge in [0, 0.05) is 9.37 Å². The Labute approximate surface area is 118 Å². The Morgan fingerprint density at radius 3 is 2.67 bits per heavy atom. The Bertz CT molecular complexity index is 569. The van der Waals surface area contributed by atoms with Crippen molar-refractivity contribution in [3.05, 3.63) is 52.5 Å². The quantitative estimate of drug-likeness (QED) is 0.598. The first-order valence-corrected chi connectivity index (χ1v) is 7.32. The second-order valence-corrected chi connectivity index (χ2v) is 5.32. The number of hydrogen-bond donors (Lipinski definition) is 0. The van der Waals surface area contributed by atoms with Crippen molar-refractivity contribution in [2.75, 3.05) is 6.26 Å². The van der Waals surface area contributed by atoms with Gasteiger partial charge in [-0.05, 0) is 36.6 Å². The summed E-state index contributed by atoms with van der Waals surface area (Å²) in [5, 5.41) is 0. The van der Waals surface area contributed by atoms with Crippen molar-refractivity contribution in [3.63, 3.8) is 0 Å². The summed E-state index contributed by atoms with van der Waals surface area (Å²) in [6, 6.07) is 13.1. The Morgan fingerprint density at radius 2 is 1.94 bits per heavy atom. The van der Waals surface area contributed by atoms with Gasteiger partial charge in [0.1, 0.15) is 11.5 Å². The van der Waals surface area contributed by atoms with E-state index in [-0.39, 0.29) is 0 Å². The molecule has 0 aliphatic carbocycles. The molecule has 0 saturated heterocycles. The van der Waals surface area contributed by atoms with Crippen LogP contribution < -0.4 is 4.74 Å². The highest BCUT2D eigenvalue weighted by Gasteiger charge is 2.08. The van der Waals surface area contributed by atoms with E-state index in [1.807, 2.05) is 36.6 Å². The molecule has 0 bridgehead atoms. The van der Waals surface area contributed by atoms with Gasteiger partial charge < -0.3 is 4.74 Å². The van der Waals surface area contributed by atoms with Gasteiger partial charge in [-0.25, -0.2) is 0 Å². The van der Waals surface area contributed by atoms with Gasteiger partial charge >= 0.3 is 0 Å². The maximum atomic E-state index is 11.0. The molecule has 4 heteroatoms. The molecule has 0 saturated carbocycles. The van der Waals surface area contributed by atoms with Crippen LogP contribution >= 0.6 is 27.7 Å². The third kappa shape index (κ3) is 2.94. The number of halogens is 1. The van der Waals surface area contributed by atoms with Crippen LogP contribution in [0.3, 0.4) is 0 Å². The summed E-state index contributed by atoms with van der Waals surface area (Å²) < 4.78 is 6.70. The highest BCUT2D eigenvalue weighted by molar-refractivity contribution is 9.10. The molecular formula is C14H11BrO2S. The van der Waals surface area contributed by atoms with E-state index >= 15 is 0 Å². The summed E-state index contributed by atoms with van der Waals surface area (Å²) in [4.78, 5) is 12.0. The first-order valence-electron chi connectivity index (χ1n) is 5.30. The van der Waals surface area contributed by atoms with E-state index in [0.717, 1.165) is 21.4 Å². The van der Waals surface area contributed by atoms with Crippen molar-refractivity contribution in [2.24, 2.45) is 0 Å². The molecule has 2 rings (SSSR count). The second kappa shape index (κ2) is 6.07. The van der Waals surface area contributed by atoms with Gasteiger partial charge in [0.15, 0.2) is 6.29 Å². The monoisotopic (exact) mass is 322 g/mol. The van der Waals surface area contributed by atoms with Crippen LogP contribution in [0.1, 0.15) is 10.4 Å². The summed E-state index contributed by atoms with van der Waals surface area (Å²) in [6.45, 7) is 0. The molecule has 18 heavy (non-hydrogen) atoms. The Kier molecular flexibility index (Phi) is 4.44. The molecule has 0 aliphatic heterocycles. The number of rotatable bonds is 4. The fraction of sp³-hybridized carbons (Fsp3) is 0.0714. The summed E-state index contributed by atoms with van der Waals surface area (Å²) in [7, 11) is 0. The molecule has 2 aromatic carbocycles. The van der Waals surface area contributed by atoms with E-state index in [4.69, 9.17) is 4.74 Å². The van der Waals surface area contributed by atoms with Crippen LogP contribution in [0.25, 0.3) is 0 Å². The normalized spacial score (nSPS) is 10.1.